The van der Waals surface area contributed by atoms with Gasteiger partial charge in [0.15, 0.2) is 0 Å². The molecule has 0 aliphatic carbocycles. The smallest absolute Gasteiger partial charge is 0.245 e. The minimum Gasteiger partial charge on any atom is -0.326 e. The van der Waals surface area contributed by atoms with Gasteiger partial charge in [-0.1, -0.05) is 17.7 Å². The maximum atomic E-state index is 12.4. The van der Waals surface area contributed by atoms with Gasteiger partial charge >= 0.3 is 0 Å². The number of piperazine rings is 1. The van der Waals surface area contributed by atoms with Gasteiger partial charge in [-0.3, -0.25) is 14.9 Å². The van der Waals surface area contributed by atoms with Crippen LogP contribution in [0.4, 0.5) is 0 Å². The molecule has 1 saturated heterocycles. The quantitative estimate of drug-likeness (QED) is 0.727. The highest BCUT2D eigenvalue weighted by Crippen LogP contribution is 2.26. The first-order valence-electron chi connectivity index (χ1n) is 5.66. The number of sulfonamides is 1. The molecular formula is C11H12ClN3O4S. The molecule has 7 nitrogen and oxygen atoms in total. The highest BCUT2D eigenvalue weighted by Gasteiger charge is 2.34. The van der Waals surface area contributed by atoms with Crippen molar-refractivity contribution in [1.82, 2.24) is 9.62 Å². The number of hydrogen-bond acceptors (Lipinski definition) is 5. The zero-order valence-corrected chi connectivity index (χ0v) is 11.9. The Bertz CT molecular complexity index is 658. The zero-order valence-electron chi connectivity index (χ0n) is 10.3. The van der Waals surface area contributed by atoms with E-state index in [9.17, 15) is 18.0 Å². The third kappa shape index (κ3) is 2.83. The van der Waals surface area contributed by atoms with Gasteiger partial charge in [-0.2, -0.15) is 4.31 Å². The summed E-state index contributed by atoms with van der Waals surface area (Å²) in [6.45, 7) is -0.600. The van der Waals surface area contributed by atoms with Gasteiger partial charge in [-0.25, -0.2) is 8.42 Å². The number of carbonyl (C=O) groups excluding carboxylic acids is 2. The maximum absolute atomic E-state index is 12.4. The number of carbonyl (C=O) groups is 2. The molecule has 20 heavy (non-hydrogen) atoms. The molecule has 1 aliphatic rings. The van der Waals surface area contributed by atoms with Crippen LogP contribution in [0.15, 0.2) is 23.1 Å². The van der Waals surface area contributed by atoms with E-state index in [1.165, 1.54) is 18.2 Å². The highest BCUT2D eigenvalue weighted by molar-refractivity contribution is 7.89. The average molecular weight is 318 g/mol. The Kier molecular flexibility index (Phi) is 4.09. The maximum Gasteiger partial charge on any atom is 0.245 e. The fourth-order valence-electron chi connectivity index (χ4n) is 1.80. The monoisotopic (exact) mass is 317 g/mol. The minimum absolute atomic E-state index is 0.00591. The lowest BCUT2D eigenvalue weighted by atomic mass is 10.2. The molecule has 1 heterocycles. The van der Waals surface area contributed by atoms with Gasteiger partial charge in [-0.15, -0.1) is 0 Å². The van der Waals surface area contributed by atoms with Gasteiger partial charge in [-0.05, 0) is 17.7 Å². The van der Waals surface area contributed by atoms with Crippen LogP contribution in [-0.4, -0.2) is 37.6 Å². The summed E-state index contributed by atoms with van der Waals surface area (Å²) >= 11 is 5.94. The van der Waals surface area contributed by atoms with E-state index in [1.54, 1.807) is 0 Å². The van der Waals surface area contributed by atoms with Crippen LogP contribution < -0.4 is 11.1 Å². The number of nitrogens with zero attached hydrogens (tertiary/aromatic N) is 1. The van der Waals surface area contributed by atoms with E-state index in [2.05, 4.69) is 0 Å². The summed E-state index contributed by atoms with van der Waals surface area (Å²) in [7, 11) is -4.00. The second kappa shape index (κ2) is 5.49. The number of nitrogens with one attached hydrogen (secondary N) is 1. The molecule has 2 amide bonds. The van der Waals surface area contributed by atoms with E-state index in [1.807, 2.05) is 5.32 Å². The Morgan fingerprint density at radius 2 is 1.85 bits per heavy atom. The summed E-state index contributed by atoms with van der Waals surface area (Å²) in [6, 6.07) is 4.29. The first-order valence-corrected chi connectivity index (χ1v) is 7.47. The fourth-order valence-corrected chi connectivity index (χ4v) is 3.69. The van der Waals surface area contributed by atoms with Crippen molar-refractivity contribution in [1.29, 1.82) is 0 Å². The Balaban J connectivity index is 2.39. The van der Waals surface area contributed by atoms with E-state index in [0.29, 0.717) is 5.56 Å². The number of amides is 2. The Morgan fingerprint density at radius 3 is 2.35 bits per heavy atom. The van der Waals surface area contributed by atoms with Crippen molar-refractivity contribution in [2.24, 2.45) is 5.73 Å². The minimum atomic E-state index is -4.00. The van der Waals surface area contributed by atoms with E-state index >= 15 is 0 Å². The second-order valence-electron chi connectivity index (χ2n) is 4.21. The first kappa shape index (κ1) is 14.9. The number of benzene rings is 1. The fraction of sp³-hybridized carbons (Fsp3) is 0.273. The number of imide groups is 1. The number of rotatable bonds is 3. The summed E-state index contributed by atoms with van der Waals surface area (Å²) in [4.78, 5) is 22.4. The largest absolute Gasteiger partial charge is 0.326 e. The van der Waals surface area contributed by atoms with Gasteiger partial charge in [0.1, 0.15) is 4.90 Å². The molecule has 108 valence electrons. The van der Waals surface area contributed by atoms with Crippen LogP contribution in [0.25, 0.3) is 0 Å². The Hall–Kier alpha value is -1.48. The molecule has 1 aliphatic heterocycles. The molecule has 0 bridgehead atoms. The SMILES string of the molecule is NCc1ccc(S(=O)(=O)N2CC(=O)NC(=O)C2)c(Cl)c1. The lowest BCUT2D eigenvalue weighted by Gasteiger charge is -2.25. The van der Waals surface area contributed by atoms with Crippen LogP contribution in [0.5, 0.6) is 0 Å². The third-order valence-corrected chi connectivity index (χ3v) is 5.04. The molecule has 0 radical (unpaired) electrons. The van der Waals surface area contributed by atoms with Gasteiger partial charge < -0.3 is 5.73 Å². The number of halogens is 1. The molecule has 0 saturated carbocycles. The van der Waals surface area contributed by atoms with Crippen LogP contribution in [0.1, 0.15) is 5.56 Å². The second-order valence-corrected chi connectivity index (χ2v) is 6.53. The van der Waals surface area contributed by atoms with E-state index in [-0.39, 0.29) is 16.5 Å². The molecule has 0 spiro atoms. The molecule has 1 aromatic carbocycles. The third-order valence-electron chi connectivity index (χ3n) is 2.77. The molecular weight excluding hydrogens is 306 g/mol. The van der Waals surface area contributed by atoms with Gasteiger partial charge in [0.25, 0.3) is 0 Å². The van der Waals surface area contributed by atoms with Crippen molar-refractivity contribution >= 4 is 33.4 Å². The van der Waals surface area contributed by atoms with E-state index in [0.717, 1.165) is 4.31 Å². The lowest BCUT2D eigenvalue weighted by molar-refractivity contribution is -0.134. The van der Waals surface area contributed by atoms with Gasteiger partial charge in [0.2, 0.25) is 21.8 Å². The van der Waals surface area contributed by atoms with E-state index in [4.69, 9.17) is 17.3 Å². The van der Waals surface area contributed by atoms with Gasteiger partial charge in [0.05, 0.1) is 18.1 Å². The first-order chi connectivity index (χ1) is 9.34. The molecule has 9 heteroatoms. The van der Waals surface area contributed by atoms with Crippen LogP contribution in [0, 0.1) is 0 Å². The van der Waals surface area contributed by atoms with Crippen molar-refractivity contribution in [3.8, 4) is 0 Å². The summed E-state index contributed by atoms with van der Waals surface area (Å²) in [5, 5.41) is 2.04. The Labute approximate surface area is 120 Å². The van der Waals surface area contributed by atoms with Crippen LogP contribution in [0.2, 0.25) is 5.02 Å². The molecule has 1 aromatic rings. The van der Waals surface area contributed by atoms with Crippen molar-refractivity contribution in [2.45, 2.75) is 11.4 Å². The molecule has 0 aromatic heterocycles. The summed E-state index contributed by atoms with van der Waals surface area (Å²) < 4.78 is 25.5. The van der Waals surface area contributed by atoms with Crippen molar-refractivity contribution in [3.63, 3.8) is 0 Å². The Morgan fingerprint density at radius 1 is 1.25 bits per heavy atom. The molecule has 3 N–H and O–H groups in total. The summed E-state index contributed by atoms with van der Waals surface area (Å²) in [6.07, 6.45) is 0. The van der Waals surface area contributed by atoms with Crippen LogP contribution in [0.3, 0.4) is 0 Å². The normalized spacial score (nSPS) is 17.1. The van der Waals surface area contributed by atoms with Crippen molar-refractivity contribution in [3.05, 3.63) is 28.8 Å². The molecule has 0 atom stereocenters. The topological polar surface area (TPSA) is 110 Å². The highest BCUT2D eigenvalue weighted by atomic mass is 35.5. The number of nitrogens with two attached hydrogens (primary N) is 1. The van der Waals surface area contributed by atoms with Crippen molar-refractivity contribution in [2.75, 3.05) is 13.1 Å². The number of hydrogen-bond donors (Lipinski definition) is 2. The predicted molar refractivity (Wildman–Crippen MR) is 71.3 cm³/mol. The lowest BCUT2D eigenvalue weighted by Crippen LogP contribution is -2.53. The molecule has 2 rings (SSSR count). The van der Waals surface area contributed by atoms with Gasteiger partial charge in [0, 0.05) is 6.54 Å². The van der Waals surface area contributed by atoms with Crippen LogP contribution >= 0.6 is 11.6 Å². The molecule has 0 unspecified atom stereocenters. The molecule has 1 fully saturated rings. The summed E-state index contributed by atoms with van der Waals surface area (Å²) in [5.41, 5.74) is 6.12. The zero-order chi connectivity index (χ0) is 14.9. The predicted octanol–water partition coefficient (Wildman–Crippen LogP) is -0.554. The summed E-state index contributed by atoms with van der Waals surface area (Å²) in [5.74, 6) is -1.33. The van der Waals surface area contributed by atoms with E-state index < -0.39 is 34.9 Å². The van der Waals surface area contributed by atoms with Crippen molar-refractivity contribution < 1.29 is 18.0 Å². The van der Waals surface area contributed by atoms with Crippen LogP contribution in [-0.2, 0) is 26.2 Å². The standard InChI is InChI=1S/C11H12ClN3O4S/c12-8-3-7(4-13)1-2-9(8)20(18,19)15-5-10(16)14-11(17)6-15/h1-3H,4-6,13H2,(H,14,16,17). The average Bonchev–Trinajstić information content (AvgIpc) is 2.37.